The maximum absolute atomic E-state index is 12.5. The molecule has 0 bridgehead atoms. The molecule has 0 heterocycles. The van der Waals surface area contributed by atoms with Crippen LogP contribution in [0.5, 0.6) is 0 Å². The van der Waals surface area contributed by atoms with Gasteiger partial charge in [0.2, 0.25) is 0 Å². The van der Waals surface area contributed by atoms with Crippen molar-refractivity contribution < 1.29 is 9.90 Å². The molecule has 4 aliphatic rings. The Morgan fingerprint density at radius 2 is 1.79 bits per heavy atom. The van der Waals surface area contributed by atoms with Gasteiger partial charge >= 0.3 is 0 Å². The molecule has 0 saturated heterocycles. The third-order valence-corrected chi connectivity index (χ3v) is 9.46. The Balaban J connectivity index is 1.69. The van der Waals surface area contributed by atoms with Crippen LogP contribution in [-0.4, -0.2) is 17.0 Å². The van der Waals surface area contributed by atoms with E-state index < -0.39 is 0 Å². The molecule has 4 rings (SSSR count). The second kappa shape index (κ2) is 5.19. The highest BCUT2D eigenvalue weighted by atomic mass is 16.3. The summed E-state index contributed by atoms with van der Waals surface area (Å²) >= 11 is 0. The number of allylic oxidation sites excluding steroid dienone is 1. The minimum absolute atomic E-state index is 0.115. The van der Waals surface area contributed by atoms with Crippen molar-refractivity contribution in [3.05, 3.63) is 11.6 Å². The van der Waals surface area contributed by atoms with Crippen molar-refractivity contribution in [1.82, 2.24) is 0 Å². The fraction of sp³-hybridized carbons (Fsp3) is 0.864. The molecule has 0 radical (unpaired) electrons. The zero-order chi connectivity index (χ0) is 17.3. The lowest BCUT2D eigenvalue weighted by Crippen LogP contribution is -2.53. The molecule has 0 aromatic heterocycles. The highest BCUT2D eigenvalue weighted by Crippen LogP contribution is 2.69. The minimum Gasteiger partial charge on any atom is -0.393 e. The molecule has 1 N–H and O–H groups in total. The normalized spacial score (nSPS) is 53.6. The predicted molar refractivity (Wildman–Crippen MR) is 96.5 cm³/mol. The van der Waals surface area contributed by atoms with Gasteiger partial charge in [-0.25, -0.2) is 0 Å². The molecule has 0 aliphatic heterocycles. The third kappa shape index (κ3) is 1.95. The van der Waals surface area contributed by atoms with Crippen LogP contribution in [-0.2, 0) is 4.79 Å². The lowest BCUT2D eigenvalue weighted by atomic mass is 9.45. The lowest BCUT2D eigenvalue weighted by Gasteiger charge is -2.59. The van der Waals surface area contributed by atoms with Crippen LogP contribution >= 0.6 is 0 Å². The number of fused-ring (bicyclic) bond motifs is 5. The molecule has 3 fully saturated rings. The quantitative estimate of drug-likeness (QED) is 0.694. The molecule has 0 aromatic rings. The van der Waals surface area contributed by atoms with E-state index in [1.807, 2.05) is 6.92 Å². The Hall–Kier alpha value is -0.630. The molecule has 2 heteroatoms. The number of Topliss-reactive ketones (excluding diaryl/α,β-unsaturated/α-hetero) is 1. The smallest absolute Gasteiger partial charge is 0.136 e. The van der Waals surface area contributed by atoms with Crippen LogP contribution in [0, 0.1) is 34.0 Å². The van der Waals surface area contributed by atoms with Gasteiger partial charge in [-0.1, -0.05) is 32.4 Å². The van der Waals surface area contributed by atoms with Gasteiger partial charge in [-0.2, -0.15) is 0 Å². The lowest BCUT2D eigenvalue weighted by molar-refractivity contribution is -0.138. The largest absolute Gasteiger partial charge is 0.393 e. The van der Waals surface area contributed by atoms with E-state index in [2.05, 4.69) is 26.8 Å². The molecule has 0 spiro atoms. The summed E-state index contributed by atoms with van der Waals surface area (Å²) in [7, 11) is 0. The summed E-state index contributed by atoms with van der Waals surface area (Å²) in [5.74, 6) is 2.61. The first-order chi connectivity index (χ1) is 11.2. The van der Waals surface area contributed by atoms with Crippen molar-refractivity contribution in [1.29, 1.82) is 0 Å². The fourth-order valence-electron chi connectivity index (χ4n) is 7.49. The van der Waals surface area contributed by atoms with E-state index in [0.717, 1.165) is 37.5 Å². The number of aliphatic hydroxyl groups excluding tert-OH is 1. The Morgan fingerprint density at radius 3 is 2.50 bits per heavy atom. The number of hydrogen-bond donors (Lipinski definition) is 1. The van der Waals surface area contributed by atoms with Crippen LogP contribution in [0.4, 0.5) is 0 Å². The number of rotatable bonds is 1. The number of ketones is 1. The van der Waals surface area contributed by atoms with Gasteiger partial charge in [-0.3, -0.25) is 4.79 Å². The predicted octanol–water partition coefficient (Wildman–Crippen LogP) is 4.91. The van der Waals surface area contributed by atoms with E-state index in [0.29, 0.717) is 17.1 Å². The van der Waals surface area contributed by atoms with Gasteiger partial charge in [0, 0.05) is 5.41 Å². The van der Waals surface area contributed by atoms with E-state index >= 15 is 0 Å². The third-order valence-electron chi connectivity index (χ3n) is 9.46. The van der Waals surface area contributed by atoms with E-state index in [1.54, 1.807) is 5.57 Å². The SMILES string of the molecule is CC(=O)[C@@]1(C)CCC2C3CC=C4CC(O)CCC4(C)C3CCC21C. The minimum atomic E-state index is -0.123. The molecule has 4 aliphatic carbocycles. The Bertz CT molecular complexity index is 593. The number of carbonyl (C=O) groups excluding carboxylic acids is 1. The van der Waals surface area contributed by atoms with Crippen molar-refractivity contribution in [3.8, 4) is 0 Å². The van der Waals surface area contributed by atoms with E-state index in [9.17, 15) is 9.90 Å². The van der Waals surface area contributed by atoms with Crippen LogP contribution in [0.25, 0.3) is 0 Å². The van der Waals surface area contributed by atoms with Crippen molar-refractivity contribution in [2.24, 2.45) is 34.0 Å². The molecular weight excluding hydrogens is 296 g/mol. The zero-order valence-electron chi connectivity index (χ0n) is 15.9. The van der Waals surface area contributed by atoms with Crippen molar-refractivity contribution in [2.45, 2.75) is 85.2 Å². The second-order valence-corrected chi connectivity index (χ2v) is 10.0. The zero-order valence-corrected chi connectivity index (χ0v) is 15.9. The highest BCUT2D eigenvalue weighted by molar-refractivity contribution is 5.83. The van der Waals surface area contributed by atoms with Gasteiger partial charge in [-0.05, 0) is 86.9 Å². The molecule has 6 unspecified atom stereocenters. The monoisotopic (exact) mass is 330 g/mol. The summed E-state index contributed by atoms with van der Waals surface area (Å²) in [6.07, 6.45) is 11.3. The van der Waals surface area contributed by atoms with Crippen molar-refractivity contribution >= 4 is 5.78 Å². The van der Waals surface area contributed by atoms with Crippen LogP contribution in [0.2, 0.25) is 0 Å². The van der Waals surface area contributed by atoms with Crippen LogP contribution in [0.15, 0.2) is 11.6 Å². The van der Waals surface area contributed by atoms with Crippen LogP contribution in [0.1, 0.15) is 79.1 Å². The maximum Gasteiger partial charge on any atom is 0.136 e. The Kier molecular flexibility index (Phi) is 3.64. The molecule has 2 nitrogen and oxygen atoms in total. The van der Waals surface area contributed by atoms with Crippen molar-refractivity contribution in [2.75, 3.05) is 0 Å². The molecule has 24 heavy (non-hydrogen) atoms. The second-order valence-electron chi connectivity index (χ2n) is 10.0. The van der Waals surface area contributed by atoms with Crippen molar-refractivity contribution in [3.63, 3.8) is 0 Å². The van der Waals surface area contributed by atoms with Gasteiger partial charge in [0.05, 0.1) is 6.10 Å². The Labute approximate surface area is 147 Å². The standard InChI is InChI=1S/C22H34O2/c1-14(23)21(3)11-9-19-17-6-5-15-13-16(24)7-10-20(15,2)18(17)8-12-22(19,21)4/h5,16-19,24H,6-13H2,1-4H3/t16?,17?,18?,19?,20?,21-,22?/m1/s1. The number of carbonyl (C=O) groups is 1. The van der Waals surface area contributed by atoms with Gasteiger partial charge in [0.15, 0.2) is 0 Å². The summed E-state index contributed by atoms with van der Waals surface area (Å²) in [5.41, 5.74) is 1.92. The Morgan fingerprint density at radius 1 is 1.08 bits per heavy atom. The number of aliphatic hydroxyl groups is 1. The summed E-state index contributed by atoms with van der Waals surface area (Å²) in [6.45, 7) is 8.97. The average molecular weight is 331 g/mol. The molecule has 3 saturated carbocycles. The van der Waals surface area contributed by atoms with Gasteiger partial charge in [0.1, 0.15) is 5.78 Å². The molecular formula is C22H34O2. The molecule has 0 aromatic carbocycles. The van der Waals surface area contributed by atoms with Gasteiger partial charge < -0.3 is 5.11 Å². The summed E-state index contributed by atoms with van der Waals surface area (Å²) in [6, 6.07) is 0. The first kappa shape index (κ1) is 16.8. The molecule has 134 valence electrons. The topological polar surface area (TPSA) is 37.3 Å². The first-order valence-corrected chi connectivity index (χ1v) is 10.1. The fourth-order valence-corrected chi connectivity index (χ4v) is 7.49. The average Bonchev–Trinajstić information content (AvgIpc) is 2.81. The molecule has 7 atom stereocenters. The van der Waals surface area contributed by atoms with E-state index in [4.69, 9.17) is 0 Å². The summed E-state index contributed by atoms with van der Waals surface area (Å²) < 4.78 is 0. The van der Waals surface area contributed by atoms with Crippen LogP contribution in [0.3, 0.4) is 0 Å². The number of hydrogen-bond acceptors (Lipinski definition) is 2. The van der Waals surface area contributed by atoms with E-state index in [1.165, 1.54) is 25.7 Å². The maximum atomic E-state index is 12.5. The summed E-state index contributed by atoms with van der Waals surface area (Å²) in [4.78, 5) is 12.5. The van der Waals surface area contributed by atoms with Gasteiger partial charge in [0.25, 0.3) is 0 Å². The van der Waals surface area contributed by atoms with Gasteiger partial charge in [-0.15, -0.1) is 0 Å². The van der Waals surface area contributed by atoms with E-state index in [-0.39, 0.29) is 16.9 Å². The van der Waals surface area contributed by atoms with Crippen LogP contribution < -0.4 is 0 Å². The summed E-state index contributed by atoms with van der Waals surface area (Å²) in [5, 5.41) is 10.1. The first-order valence-electron chi connectivity index (χ1n) is 10.1. The highest BCUT2D eigenvalue weighted by Gasteiger charge is 2.63. The molecule has 0 amide bonds.